The molecule has 0 aliphatic heterocycles. The van der Waals surface area contributed by atoms with E-state index in [1.165, 1.54) is 0 Å². The van der Waals surface area contributed by atoms with Crippen molar-refractivity contribution in [2.24, 2.45) is 0 Å². The lowest BCUT2D eigenvalue weighted by Gasteiger charge is -2.13. The van der Waals surface area contributed by atoms with E-state index in [0.717, 1.165) is 10.2 Å². The van der Waals surface area contributed by atoms with Crippen molar-refractivity contribution in [1.82, 2.24) is 15.5 Å². The van der Waals surface area contributed by atoms with Gasteiger partial charge in [-0.05, 0) is 28.1 Å². The third kappa shape index (κ3) is 4.56. The van der Waals surface area contributed by atoms with E-state index in [1.807, 2.05) is 6.07 Å². The van der Waals surface area contributed by atoms with E-state index < -0.39 is 6.10 Å². The van der Waals surface area contributed by atoms with Crippen molar-refractivity contribution in [1.29, 1.82) is 5.26 Å². The quantitative estimate of drug-likeness (QED) is 0.704. The molecule has 110 valence electrons. The summed E-state index contributed by atoms with van der Waals surface area (Å²) in [7, 11) is 0. The van der Waals surface area contributed by atoms with Crippen LogP contribution in [-0.2, 0) is 6.54 Å². The largest absolute Gasteiger partial charge is 0.489 e. The Bertz CT molecular complexity index is 623. The van der Waals surface area contributed by atoms with Crippen molar-refractivity contribution in [3.63, 3.8) is 0 Å². The van der Waals surface area contributed by atoms with Crippen LogP contribution in [0.5, 0.6) is 5.75 Å². The first kappa shape index (κ1) is 15.5. The van der Waals surface area contributed by atoms with Crippen LogP contribution in [0.1, 0.15) is 11.3 Å². The standard InChI is InChI=1S/C14H15BrN4O2/c15-12-7-18-19-13(12)8-17-6-11(20)9-21-14-4-2-1-3-10(14)5-16/h1-4,7,11,17,20H,6,8-9H2,(H,18,19). The molecule has 1 aromatic carbocycles. The van der Waals surface area contributed by atoms with Gasteiger partial charge in [0.05, 0.1) is 21.9 Å². The molecule has 1 aromatic heterocycles. The SMILES string of the molecule is N#Cc1ccccc1OCC(O)CNCc1[nH]ncc1Br. The normalized spacial score (nSPS) is 11.9. The predicted molar refractivity (Wildman–Crippen MR) is 80.7 cm³/mol. The summed E-state index contributed by atoms with van der Waals surface area (Å²) in [4.78, 5) is 0. The Hall–Kier alpha value is -1.88. The van der Waals surface area contributed by atoms with Crippen LogP contribution in [0.4, 0.5) is 0 Å². The number of nitriles is 1. The van der Waals surface area contributed by atoms with Crippen LogP contribution < -0.4 is 10.1 Å². The second kappa shape index (κ2) is 7.78. The fourth-order valence-electron chi connectivity index (χ4n) is 1.72. The number of rotatable bonds is 7. The minimum atomic E-state index is -0.668. The minimum Gasteiger partial charge on any atom is -0.489 e. The molecule has 1 heterocycles. The van der Waals surface area contributed by atoms with Crippen LogP contribution in [0.15, 0.2) is 34.9 Å². The Morgan fingerprint density at radius 1 is 1.48 bits per heavy atom. The number of hydrogen-bond donors (Lipinski definition) is 3. The van der Waals surface area contributed by atoms with E-state index >= 15 is 0 Å². The van der Waals surface area contributed by atoms with Crippen molar-refractivity contribution < 1.29 is 9.84 Å². The minimum absolute atomic E-state index is 0.121. The summed E-state index contributed by atoms with van der Waals surface area (Å²) >= 11 is 3.36. The Kier molecular flexibility index (Phi) is 5.75. The van der Waals surface area contributed by atoms with Crippen molar-refractivity contribution in [3.8, 4) is 11.8 Å². The summed E-state index contributed by atoms with van der Waals surface area (Å²) in [6.07, 6.45) is 1.01. The van der Waals surface area contributed by atoms with Crippen LogP contribution in [0.3, 0.4) is 0 Å². The molecule has 7 heteroatoms. The predicted octanol–water partition coefficient (Wildman–Crippen LogP) is 1.57. The monoisotopic (exact) mass is 350 g/mol. The molecule has 3 N–H and O–H groups in total. The molecule has 2 aromatic rings. The number of halogens is 1. The number of hydrogen-bond acceptors (Lipinski definition) is 5. The van der Waals surface area contributed by atoms with Gasteiger partial charge in [-0.2, -0.15) is 10.4 Å². The third-order valence-corrected chi connectivity index (χ3v) is 3.47. The number of aliphatic hydroxyl groups is 1. The Balaban J connectivity index is 1.74. The number of aromatic amines is 1. The molecule has 1 unspecified atom stereocenters. The smallest absolute Gasteiger partial charge is 0.137 e. The molecule has 0 saturated heterocycles. The van der Waals surface area contributed by atoms with Gasteiger partial charge in [-0.15, -0.1) is 0 Å². The number of para-hydroxylation sites is 1. The van der Waals surface area contributed by atoms with Gasteiger partial charge in [0.25, 0.3) is 0 Å². The molecule has 0 radical (unpaired) electrons. The van der Waals surface area contributed by atoms with E-state index in [0.29, 0.717) is 24.4 Å². The molecule has 0 aliphatic rings. The van der Waals surface area contributed by atoms with Crippen LogP contribution in [-0.4, -0.2) is 34.6 Å². The molecule has 0 bridgehead atoms. The maximum Gasteiger partial charge on any atom is 0.137 e. The Labute approximate surface area is 130 Å². The summed E-state index contributed by atoms with van der Waals surface area (Å²) in [5.41, 5.74) is 1.37. The Morgan fingerprint density at radius 3 is 3.00 bits per heavy atom. The number of nitrogens with zero attached hydrogens (tertiary/aromatic N) is 2. The maximum atomic E-state index is 9.86. The summed E-state index contributed by atoms with van der Waals surface area (Å²) < 4.78 is 6.35. The topological polar surface area (TPSA) is 94.0 Å². The summed E-state index contributed by atoms with van der Waals surface area (Å²) in [6, 6.07) is 8.99. The highest BCUT2D eigenvalue weighted by atomic mass is 79.9. The molecule has 2 rings (SSSR count). The highest BCUT2D eigenvalue weighted by Gasteiger charge is 2.08. The first-order valence-electron chi connectivity index (χ1n) is 6.39. The maximum absolute atomic E-state index is 9.86. The van der Waals surface area contributed by atoms with Crippen LogP contribution in [0.25, 0.3) is 0 Å². The lowest BCUT2D eigenvalue weighted by molar-refractivity contribution is 0.106. The summed E-state index contributed by atoms with van der Waals surface area (Å²) in [6.45, 7) is 1.06. The van der Waals surface area contributed by atoms with Crippen molar-refractivity contribution in [2.75, 3.05) is 13.2 Å². The zero-order chi connectivity index (χ0) is 15.1. The third-order valence-electron chi connectivity index (χ3n) is 2.79. The number of ether oxygens (including phenoxy) is 1. The van der Waals surface area contributed by atoms with Crippen LogP contribution >= 0.6 is 15.9 Å². The lowest BCUT2D eigenvalue weighted by atomic mass is 10.2. The summed E-state index contributed by atoms with van der Waals surface area (Å²) in [5.74, 6) is 0.482. The number of aliphatic hydroxyl groups excluding tert-OH is 1. The molecule has 0 amide bonds. The van der Waals surface area contributed by atoms with Crippen molar-refractivity contribution in [3.05, 3.63) is 46.2 Å². The highest BCUT2D eigenvalue weighted by Crippen LogP contribution is 2.16. The molecule has 0 saturated carbocycles. The van der Waals surface area contributed by atoms with E-state index in [4.69, 9.17) is 10.00 Å². The zero-order valence-corrected chi connectivity index (χ0v) is 12.8. The second-order valence-electron chi connectivity index (χ2n) is 4.40. The molecule has 0 aliphatic carbocycles. The van der Waals surface area contributed by atoms with Gasteiger partial charge in [0.2, 0.25) is 0 Å². The molecule has 0 spiro atoms. The van der Waals surface area contributed by atoms with Gasteiger partial charge < -0.3 is 15.2 Å². The Morgan fingerprint density at radius 2 is 2.29 bits per heavy atom. The van der Waals surface area contributed by atoms with E-state index in [9.17, 15) is 5.11 Å². The summed E-state index contributed by atoms with van der Waals surface area (Å²) in [5, 5.41) is 28.6. The number of aromatic nitrogens is 2. The van der Waals surface area contributed by atoms with Crippen LogP contribution in [0.2, 0.25) is 0 Å². The molecule has 0 fully saturated rings. The van der Waals surface area contributed by atoms with Gasteiger partial charge in [-0.1, -0.05) is 12.1 Å². The van der Waals surface area contributed by atoms with Crippen molar-refractivity contribution >= 4 is 15.9 Å². The average Bonchev–Trinajstić information content (AvgIpc) is 2.91. The van der Waals surface area contributed by atoms with Gasteiger partial charge in [0, 0.05) is 13.1 Å². The van der Waals surface area contributed by atoms with E-state index in [2.05, 4.69) is 31.4 Å². The average molecular weight is 351 g/mol. The number of nitrogens with one attached hydrogen (secondary N) is 2. The van der Waals surface area contributed by atoms with Gasteiger partial charge in [0.15, 0.2) is 0 Å². The fourth-order valence-corrected chi connectivity index (χ4v) is 2.05. The van der Waals surface area contributed by atoms with E-state index in [-0.39, 0.29) is 6.61 Å². The lowest BCUT2D eigenvalue weighted by Crippen LogP contribution is -2.31. The first-order valence-corrected chi connectivity index (χ1v) is 7.18. The zero-order valence-electron chi connectivity index (χ0n) is 11.2. The molecular weight excluding hydrogens is 336 g/mol. The molecular formula is C14H15BrN4O2. The first-order chi connectivity index (χ1) is 10.2. The second-order valence-corrected chi connectivity index (χ2v) is 5.25. The van der Waals surface area contributed by atoms with Gasteiger partial charge in [-0.3, -0.25) is 5.10 Å². The fraction of sp³-hybridized carbons (Fsp3) is 0.286. The van der Waals surface area contributed by atoms with E-state index in [1.54, 1.807) is 30.5 Å². The van der Waals surface area contributed by atoms with Crippen molar-refractivity contribution in [2.45, 2.75) is 12.6 Å². The van der Waals surface area contributed by atoms with Gasteiger partial charge >= 0.3 is 0 Å². The molecule has 1 atom stereocenters. The van der Waals surface area contributed by atoms with Gasteiger partial charge in [0.1, 0.15) is 24.5 Å². The number of benzene rings is 1. The molecule has 6 nitrogen and oxygen atoms in total. The van der Waals surface area contributed by atoms with Gasteiger partial charge in [-0.25, -0.2) is 0 Å². The van der Waals surface area contributed by atoms with Crippen LogP contribution in [0, 0.1) is 11.3 Å². The molecule has 21 heavy (non-hydrogen) atoms. The number of H-pyrrole nitrogens is 1. The highest BCUT2D eigenvalue weighted by molar-refractivity contribution is 9.10.